The standard InChI is InChI=1S/C16H17N5O4/c1-19-12-16(13(23)20(2)15(19)25,17-14(24)21(3)18-12)9-11(22)10-7-5-4-6-8-10/h4-8H,9H2,1-3H3,(H,17,24). The first-order valence-corrected chi connectivity index (χ1v) is 7.57. The Labute approximate surface area is 143 Å². The molecule has 2 heterocycles. The van der Waals surface area contributed by atoms with Gasteiger partial charge in [0.2, 0.25) is 0 Å². The predicted octanol–water partition coefficient (Wildman–Crippen LogP) is 0.490. The Morgan fingerprint density at radius 3 is 2.36 bits per heavy atom. The van der Waals surface area contributed by atoms with Crippen LogP contribution in [0.25, 0.3) is 0 Å². The van der Waals surface area contributed by atoms with Crippen molar-refractivity contribution < 1.29 is 19.2 Å². The first-order valence-electron chi connectivity index (χ1n) is 7.57. The summed E-state index contributed by atoms with van der Waals surface area (Å²) in [6, 6.07) is 7.21. The largest absolute Gasteiger partial charge is 0.338 e. The summed E-state index contributed by atoms with van der Waals surface area (Å²) in [7, 11) is 4.14. The minimum Gasteiger partial charge on any atom is -0.315 e. The summed E-state index contributed by atoms with van der Waals surface area (Å²) in [6.07, 6.45) is -0.337. The van der Waals surface area contributed by atoms with Crippen molar-refractivity contribution in [2.24, 2.45) is 5.10 Å². The second-order valence-corrected chi connectivity index (χ2v) is 5.95. The van der Waals surface area contributed by atoms with Gasteiger partial charge in [-0.3, -0.25) is 19.4 Å². The molecule has 0 radical (unpaired) electrons. The number of fused-ring (bicyclic) bond motifs is 1. The number of hydrazone groups is 1. The highest BCUT2D eigenvalue weighted by atomic mass is 16.2. The molecule has 3 rings (SSSR count). The number of Topliss-reactive ketones (excluding diaryl/α,β-unsaturated/α-hetero) is 1. The van der Waals surface area contributed by atoms with Gasteiger partial charge in [0.15, 0.2) is 17.2 Å². The Morgan fingerprint density at radius 2 is 1.72 bits per heavy atom. The quantitative estimate of drug-likeness (QED) is 0.807. The van der Waals surface area contributed by atoms with Gasteiger partial charge in [0, 0.05) is 26.7 Å². The summed E-state index contributed by atoms with van der Waals surface area (Å²) < 4.78 is 0. The molecular formula is C16H17N5O4. The van der Waals surface area contributed by atoms with E-state index in [2.05, 4.69) is 10.4 Å². The molecule has 0 bridgehead atoms. The topological polar surface area (TPSA) is 102 Å². The first-order chi connectivity index (χ1) is 11.8. The molecule has 0 aliphatic carbocycles. The number of hydrogen-bond donors (Lipinski definition) is 1. The lowest BCUT2D eigenvalue weighted by molar-refractivity contribution is -0.133. The predicted molar refractivity (Wildman–Crippen MR) is 87.8 cm³/mol. The summed E-state index contributed by atoms with van der Waals surface area (Å²) >= 11 is 0. The van der Waals surface area contributed by atoms with Crippen molar-refractivity contribution in [3.05, 3.63) is 35.9 Å². The molecule has 2 aliphatic rings. The summed E-state index contributed by atoms with van der Waals surface area (Å²) in [5.74, 6) is -1.02. The van der Waals surface area contributed by atoms with Crippen LogP contribution >= 0.6 is 0 Å². The SMILES string of the molecule is CN1N=C2N(C)C(=O)N(C)C(=O)C2(CC(=O)c2ccccc2)NC1=O. The molecule has 9 heteroatoms. The van der Waals surface area contributed by atoms with Gasteiger partial charge in [-0.25, -0.2) is 14.6 Å². The van der Waals surface area contributed by atoms with Crippen LogP contribution in [-0.4, -0.2) is 71.1 Å². The van der Waals surface area contributed by atoms with E-state index in [1.54, 1.807) is 30.3 Å². The lowest BCUT2D eigenvalue weighted by Gasteiger charge is -2.46. The molecule has 0 spiro atoms. The van der Waals surface area contributed by atoms with Crippen molar-refractivity contribution in [1.29, 1.82) is 0 Å². The Kier molecular flexibility index (Phi) is 3.78. The highest BCUT2D eigenvalue weighted by Crippen LogP contribution is 2.29. The number of nitrogens with zero attached hydrogens (tertiary/aromatic N) is 4. The average Bonchev–Trinajstić information content (AvgIpc) is 2.61. The number of rotatable bonds is 3. The van der Waals surface area contributed by atoms with Gasteiger partial charge in [-0.1, -0.05) is 30.3 Å². The van der Waals surface area contributed by atoms with Gasteiger partial charge in [-0.15, -0.1) is 0 Å². The van der Waals surface area contributed by atoms with Crippen LogP contribution < -0.4 is 5.32 Å². The fourth-order valence-electron chi connectivity index (χ4n) is 2.95. The van der Waals surface area contributed by atoms with Crippen LogP contribution in [0, 0.1) is 0 Å². The number of amides is 5. The monoisotopic (exact) mass is 343 g/mol. The lowest BCUT2D eigenvalue weighted by atomic mass is 9.85. The van der Waals surface area contributed by atoms with Crippen LogP contribution in [0.1, 0.15) is 16.8 Å². The van der Waals surface area contributed by atoms with Crippen molar-refractivity contribution in [2.75, 3.05) is 21.1 Å². The van der Waals surface area contributed by atoms with E-state index in [4.69, 9.17) is 0 Å². The van der Waals surface area contributed by atoms with Gasteiger partial charge < -0.3 is 5.32 Å². The smallest absolute Gasteiger partial charge is 0.315 e. The highest BCUT2D eigenvalue weighted by Gasteiger charge is 2.58. The minimum absolute atomic E-state index is 0.0204. The second kappa shape index (κ2) is 5.69. The van der Waals surface area contributed by atoms with Crippen molar-refractivity contribution in [2.45, 2.75) is 12.0 Å². The molecule has 2 aliphatic heterocycles. The molecule has 5 amide bonds. The third kappa shape index (κ3) is 2.44. The average molecular weight is 343 g/mol. The number of benzene rings is 1. The molecule has 25 heavy (non-hydrogen) atoms. The lowest BCUT2D eigenvalue weighted by Crippen LogP contribution is -2.76. The van der Waals surface area contributed by atoms with Crippen LogP contribution in [0.2, 0.25) is 0 Å². The number of carbonyl (C=O) groups excluding carboxylic acids is 4. The molecule has 1 atom stereocenters. The third-order valence-corrected chi connectivity index (χ3v) is 4.32. The molecular weight excluding hydrogens is 326 g/mol. The summed E-state index contributed by atoms with van der Waals surface area (Å²) in [5.41, 5.74) is -1.31. The van der Waals surface area contributed by atoms with Crippen LogP contribution in [0.5, 0.6) is 0 Å². The molecule has 130 valence electrons. The van der Waals surface area contributed by atoms with E-state index in [1.807, 2.05) is 0 Å². The van der Waals surface area contributed by atoms with Crippen molar-refractivity contribution in [1.82, 2.24) is 20.1 Å². The van der Waals surface area contributed by atoms with Crippen molar-refractivity contribution in [3.8, 4) is 0 Å². The Hall–Kier alpha value is -3.23. The number of hydrogen-bond acceptors (Lipinski definition) is 5. The normalized spacial score (nSPS) is 23.2. The molecule has 1 aromatic rings. The maximum absolute atomic E-state index is 12.9. The highest BCUT2D eigenvalue weighted by molar-refractivity contribution is 6.27. The zero-order valence-corrected chi connectivity index (χ0v) is 14.0. The second-order valence-electron chi connectivity index (χ2n) is 5.95. The van der Waals surface area contributed by atoms with Gasteiger partial charge in [-0.05, 0) is 0 Å². The van der Waals surface area contributed by atoms with Gasteiger partial charge in [0.25, 0.3) is 5.91 Å². The van der Waals surface area contributed by atoms with Crippen molar-refractivity contribution >= 4 is 29.6 Å². The Bertz CT molecular complexity index is 806. The van der Waals surface area contributed by atoms with E-state index in [1.165, 1.54) is 21.1 Å². The van der Waals surface area contributed by atoms with Crippen LogP contribution in [0.15, 0.2) is 35.4 Å². The van der Waals surface area contributed by atoms with Gasteiger partial charge >= 0.3 is 12.1 Å². The number of likely N-dealkylation sites (N-methyl/N-ethyl adjacent to an activating group) is 2. The Balaban J connectivity index is 2.09. The summed E-state index contributed by atoms with van der Waals surface area (Å²) in [4.78, 5) is 52.0. The maximum atomic E-state index is 12.9. The summed E-state index contributed by atoms with van der Waals surface area (Å²) in [5, 5.41) is 7.62. The first kappa shape index (κ1) is 16.6. The fraction of sp³-hybridized carbons (Fsp3) is 0.312. The van der Waals surface area contributed by atoms with E-state index in [0.717, 1.165) is 14.8 Å². The molecule has 1 unspecified atom stereocenters. The van der Waals surface area contributed by atoms with E-state index in [9.17, 15) is 19.2 Å². The van der Waals surface area contributed by atoms with E-state index in [-0.39, 0.29) is 18.0 Å². The molecule has 1 N–H and O–H groups in total. The summed E-state index contributed by atoms with van der Waals surface area (Å²) in [6.45, 7) is 0. The number of urea groups is 2. The number of imide groups is 1. The molecule has 0 saturated carbocycles. The van der Waals surface area contributed by atoms with Gasteiger partial charge in [-0.2, -0.15) is 5.10 Å². The van der Waals surface area contributed by atoms with Crippen molar-refractivity contribution in [3.63, 3.8) is 0 Å². The van der Waals surface area contributed by atoms with E-state index >= 15 is 0 Å². The van der Waals surface area contributed by atoms with Gasteiger partial charge in [0.05, 0.1) is 6.42 Å². The Morgan fingerprint density at radius 1 is 1.08 bits per heavy atom. The van der Waals surface area contributed by atoms with E-state index in [0.29, 0.717) is 5.56 Å². The number of amidine groups is 1. The minimum atomic E-state index is -1.71. The molecule has 0 aromatic heterocycles. The van der Waals surface area contributed by atoms with E-state index < -0.39 is 23.5 Å². The molecule has 1 aromatic carbocycles. The van der Waals surface area contributed by atoms with Crippen LogP contribution in [0.4, 0.5) is 9.59 Å². The molecule has 1 fully saturated rings. The van der Waals surface area contributed by atoms with Gasteiger partial charge in [0.1, 0.15) is 0 Å². The molecule has 1 saturated heterocycles. The third-order valence-electron chi connectivity index (χ3n) is 4.32. The number of ketones is 1. The number of carbonyl (C=O) groups is 4. The van der Waals surface area contributed by atoms with Crippen LogP contribution in [0.3, 0.4) is 0 Å². The zero-order chi connectivity index (χ0) is 18.4. The maximum Gasteiger partial charge on any atom is 0.338 e. The zero-order valence-electron chi connectivity index (χ0n) is 14.0. The molecule has 9 nitrogen and oxygen atoms in total. The fourth-order valence-corrected chi connectivity index (χ4v) is 2.95. The number of nitrogens with one attached hydrogen (secondary N) is 1. The van der Waals surface area contributed by atoms with Crippen LogP contribution in [-0.2, 0) is 4.79 Å².